The second-order valence-electron chi connectivity index (χ2n) is 3.77. The van der Waals surface area contributed by atoms with Crippen molar-refractivity contribution in [3.8, 4) is 23.0 Å². The third kappa shape index (κ3) is 3.49. The highest BCUT2D eigenvalue weighted by Gasteiger charge is 2.19. The molecule has 0 saturated carbocycles. The van der Waals surface area contributed by atoms with Crippen LogP contribution in [0.5, 0.6) is 23.0 Å². The van der Waals surface area contributed by atoms with Crippen molar-refractivity contribution in [3.63, 3.8) is 0 Å². The van der Waals surface area contributed by atoms with Gasteiger partial charge in [-0.15, -0.1) is 0 Å². The lowest BCUT2D eigenvalue weighted by molar-refractivity contribution is -0.156. The van der Waals surface area contributed by atoms with Crippen LogP contribution in [0.3, 0.4) is 0 Å². The molecule has 0 aliphatic heterocycles. The van der Waals surface area contributed by atoms with Gasteiger partial charge in [-0.2, -0.15) is 0 Å². The maximum absolute atomic E-state index is 11.5. The van der Waals surface area contributed by atoms with E-state index in [1.54, 1.807) is 0 Å². The molecule has 2 rings (SSSR count). The zero-order chi connectivity index (χ0) is 14.5. The maximum Gasteiger partial charge on any atom is 0.423 e. The van der Waals surface area contributed by atoms with E-state index in [9.17, 15) is 9.59 Å². The monoisotopic (exact) mass is 274 g/mol. The maximum atomic E-state index is 11.5. The molecule has 0 aromatic heterocycles. The minimum atomic E-state index is -1.19. The molecule has 0 aliphatic rings. The summed E-state index contributed by atoms with van der Waals surface area (Å²) < 4.78 is 9.51. The van der Waals surface area contributed by atoms with Crippen LogP contribution in [0, 0.1) is 0 Å². The number of hydrogen-bond donors (Lipinski definition) is 2. The molecule has 6 heteroatoms. The van der Waals surface area contributed by atoms with Gasteiger partial charge in [0.15, 0.2) is 0 Å². The number of phenols is 2. The highest BCUT2D eigenvalue weighted by atomic mass is 16.6. The minimum absolute atomic E-state index is 0.0106. The van der Waals surface area contributed by atoms with Crippen LogP contribution in [0.1, 0.15) is 0 Å². The minimum Gasteiger partial charge on any atom is -0.508 e. The highest BCUT2D eigenvalue weighted by Crippen LogP contribution is 2.18. The molecule has 0 unspecified atom stereocenters. The van der Waals surface area contributed by atoms with Gasteiger partial charge in [0.1, 0.15) is 23.0 Å². The molecule has 0 radical (unpaired) electrons. The van der Waals surface area contributed by atoms with Crippen LogP contribution in [0.4, 0.5) is 0 Å². The summed E-state index contributed by atoms with van der Waals surface area (Å²) in [5.41, 5.74) is 0. The van der Waals surface area contributed by atoms with Crippen LogP contribution in [0.25, 0.3) is 0 Å². The number of hydrogen-bond acceptors (Lipinski definition) is 6. The molecule has 2 aromatic carbocycles. The molecule has 0 aliphatic carbocycles. The van der Waals surface area contributed by atoms with Gasteiger partial charge in [0.05, 0.1) is 0 Å². The molecule has 0 amide bonds. The number of carbonyl (C=O) groups excluding carboxylic acids is 2. The summed E-state index contributed by atoms with van der Waals surface area (Å²) in [6, 6.07) is 10.6. The van der Waals surface area contributed by atoms with Gasteiger partial charge in [0, 0.05) is 0 Å². The van der Waals surface area contributed by atoms with E-state index in [4.69, 9.17) is 19.7 Å². The van der Waals surface area contributed by atoms with Crippen LogP contribution in [-0.4, -0.2) is 22.2 Å². The zero-order valence-electron chi connectivity index (χ0n) is 10.1. The van der Waals surface area contributed by atoms with Crippen molar-refractivity contribution >= 4 is 11.9 Å². The summed E-state index contributed by atoms with van der Waals surface area (Å²) >= 11 is 0. The van der Waals surface area contributed by atoms with Crippen molar-refractivity contribution in [1.82, 2.24) is 0 Å². The van der Waals surface area contributed by atoms with E-state index in [0.717, 1.165) is 0 Å². The van der Waals surface area contributed by atoms with Crippen molar-refractivity contribution in [3.05, 3.63) is 48.5 Å². The predicted octanol–water partition coefficient (Wildman–Crippen LogP) is 1.61. The normalized spacial score (nSPS) is 9.80. The molecule has 0 bridgehead atoms. The van der Waals surface area contributed by atoms with E-state index in [0.29, 0.717) is 0 Å². The highest BCUT2D eigenvalue weighted by molar-refractivity contribution is 6.31. The Balaban J connectivity index is 1.96. The molecule has 2 N–H and O–H groups in total. The SMILES string of the molecule is O=C(Oc1ccc(O)cc1)C(=O)Oc1ccc(O)cc1. The fraction of sp³-hybridized carbons (Fsp3) is 0. The van der Waals surface area contributed by atoms with Crippen LogP contribution >= 0.6 is 0 Å². The number of phenolic OH excluding ortho intramolecular Hbond substituents is 2. The number of carbonyl (C=O) groups is 2. The lowest BCUT2D eigenvalue weighted by Crippen LogP contribution is -2.25. The van der Waals surface area contributed by atoms with Gasteiger partial charge in [-0.3, -0.25) is 0 Å². The summed E-state index contributed by atoms with van der Waals surface area (Å²) in [6.07, 6.45) is 0. The van der Waals surface area contributed by atoms with Crippen molar-refractivity contribution in [2.45, 2.75) is 0 Å². The van der Waals surface area contributed by atoms with E-state index in [1.807, 2.05) is 0 Å². The third-order valence-corrected chi connectivity index (χ3v) is 2.26. The van der Waals surface area contributed by atoms with Gasteiger partial charge < -0.3 is 19.7 Å². The molecular formula is C14H10O6. The predicted molar refractivity (Wildman–Crippen MR) is 67.5 cm³/mol. The first-order valence-electron chi connectivity index (χ1n) is 5.56. The van der Waals surface area contributed by atoms with Gasteiger partial charge in [0.2, 0.25) is 0 Å². The lowest BCUT2D eigenvalue weighted by atomic mass is 10.3. The van der Waals surface area contributed by atoms with Crippen molar-refractivity contribution in [2.75, 3.05) is 0 Å². The Bertz CT molecular complexity index is 558. The summed E-state index contributed by atoms with van der Waals surface area (Å²) in [6.45, 7) is 0. The van der Waals surface area contributed by atoms with E-state index in [2.05, 4.69) is 0 Å². The molecule has 0 saturated heterocycles. The zero-order valence-corrected chi connectivity index (χ0v) is 10.1. The van der Waals surface area contributed by atoms with Crippen LogP contribution in [-0.2, 0) is 9.59 Å². The molecule has 0 heterocycles. The van der Waals surface area contributed by atoms with Crippen LogP contribution in [0.2, 0.25) is 0 Å². The van der Waals surface area contributed by atoms with Crippen molar-refractivity contribution in [2.24, 2.45) is 0 Å². The Morgan fingerprint density at radius 2 is 0.950 bits per heavy atom. The number of benzene rings is 2. The van der Waals surface area contributed by atoms with Gasteiger partial charge in [-0.1, -0.05) is 0 Å². The van der Waals surface area contributed by atoms with Gasteiger partial charge >= 0.3 is 11.9 Å². The largest absolute Gasteiger partial charge is 0.508 e. The topological polar surface area (TPSA) is 93.1 Å². The number of ether oxygens (including phenoxy) is 2. The smallest absolute Gasteiger partial charge is 0.423 e. The number of aromatic hydroxyl groups is 2. The molecule has 102 valence electrons. The fourth-order valence-corrected chi connectivity index (χ4v) is 1.33. The first-order chi connectivity index (χ1) is 9.54. The second kappa shape index (κ2) is 5.75. The molecular weight excluding hydrogens is 264 g/mol. The second-order valence-corrected chi connectivity index (χ2v) is 3.77. The van der Waals surface area contributed by atoms with E-state index >= 15 is 0 Å². The van der Waals surface area contributed by atoms with E-state index < -0.39 is 11.9 Å². The quantitative estimate of drug-likeness (QED) is 0.491. The summed E-state index contributed by atoms with van der Waals surface area (Å²) in [5, 5.41) is 18.1. The van der Waals surface area contributed by atoms with Gasteiger partial charge in [0.25, 0.3) is 0 Å². The van der Waals surface area contributed by atoms with Gasteiger partial charge in [-0.25, -0.2) is 9.59 Å². The van der Waals surface area contributed by atoms with Crippen molar-refractivity contribution in [1.29, 1.82) is 0 Å². The average molecular weight is 274 g/mol. The first kappa shape index (κ1) is 13.4. The summed E-state index contributed by atoms with van der Waals surface area (Å²) in [5.74, 6) is -2.15. The van der Waals surface area contributed by atoms with E-state index in [-0.39, 0.29) is 23.0 Å². The molecule has 0 spiro atoms. The Morgan fingerprint density at radius 3 is 1.25 bits per heavy atom. The summed E-state index contributed by atoms with van der Waals surface area (Å²) in [7, 11) is 0. The first-order valence-corrected chi connectivity index (χ1v) is 5.56. The molecule has 6 nitrogen and oxygen atoms in total. The lowest BCUT2D eigenvalue weighted by Gasteiger charge is -2.05. The third-order valence-electron chi connectivity index (χ3n) is 2.26. The standard InChI is InChI=1S/C14H10O6/c15-9-1-5-11(6-2-9)19-13(17)14(18)20-12-7-3-10(16)4-8-12/h1-8,15-16H. The molecule has 2 aromatic rings. The Hall–Kier alpha value is -3.02. The molecule has 0 fully saturated rings. The Labute approximate surface area is 113 Å². The summed E-state index contributed by atoms with van der Waals surface area (Å²) in [4.78, 5) is 22.9. The van der Waals surface area contributed by atoms with Crippen LogP contribution in [0.15, 0.2) is 48.5 Å². The Kier molecular flexibility index (Phi) is 3.85. The van der Waals surface area contributed by atoms with Crippen molar-refractivity contribution < 1.29 is 29.3 Å². The van der Waals surface area contributed by atoms with Gasteiger partial charge in [-0.05, 0) is 48.5 Å². The number of rotatable bonds is 2. The van der Waals surface area contributed by atoms with Crippen LogP contribution < -0.4 is 9.47 Å². The Morgan fingerprint density at radius 1 is 0.650 bits per heavy atom. The molecule has 20 heavy (non-hydrogen) atoms. The fourth-order valence-electron chi connectivity index (χ4n) is 1.33. The number of esters is 2. The average Bonchev–Trinajstić information content (AvgIpc) is 2.44. The molecule has 0 atom stereocenters. The van der Waals surface area contributed by atoms with E-state index in [1.165, 1.54) is 48.5 Å².